The molecule has 4 heterocycles. The van der Waals surface area contributed by atoms with Gasteiger partial charge in [-0.3, -0.25) is 0 Å². The zero-order valence-electron chi connectivity index (χ0n) is 35.7. The zero-order valence-corrected chi connectivity index (χ0v) is 38.3. The Kier molecular flexibility index (Phi) is 14.3. The second-order valence-electron chi connectivity index (χ2n) is 19.1. The molecule has 0 radical (unpaired) electrons. The van der Waals surface area contributed by atoms with Crippen LogP contribution in [0.4, 0.5) is 0 Å². The van der Waals surface area contributed by atoms with Crippen molar-refractivity contribution in [2.75, 3.05) is 24.7 Å². The third-order valence-electron chi connectivity index (χ3n) is 12.2. The van der Waals surface area contributed by atoms with Gasteiger partial charge < -0.3 is 38.0 Å². The van der Waals surface area contributed by atoms with Gasteiger partial charge in [0.25, 0.3) is 0 Å². The van der Waals surface area contributed by atoms with Crippen molar-refractivity contribution >= 4 is 31.8 Å². The predicted octanol–water partition coefficient (Wildman–Crippen LogP) is 10.3. The summed E-state index contributed by atoms with van der Waals surface area (Å²) in [6.45, 7) is 22.9. The Balaban J connectivity index is 1.08. The average molecular weight is 831 g/mol. The minimum absolute atomic E-state index is 0.0191. The number of ether oxygens (including phenoxy) is 6. The Bertz CT molecular complexity index is 1490. The molecule has 8 nitrogen and oxygen atoms in total. The maximum Gasteiger partial charge on any atom is 0.222 e. The highest BCUT2D eigenvalue weighted by molar-refractivity contribution is 8.18. The molecule has 4 aliphatic rings. The summed E-state index contributed by atoms with van der Waals surface area (Å²) in [6, 6.07) is 20.5. The van der Waals surface area contributed by atoms with Gasteiger partial charge in [0, 0.05) is 42.9 Å². The zero-order chi connectivity index (χ0) is 40.4. The van der Waals surface area contributed by atoms with Crippen LogP contribution >= 0.6 is 23.5 Å². The molecule has 0 amide bonds. The van der Waals surface area contributed by atoms with Crippen LogP contribution in [0.1, 0.15) is 111 Å². The Morgan fingerprint density at radius 2 is 1.34 bits per heavy atom. The predicted molar refractivity (Wildman–Crippen MR) is 230 cm³/mol. The van der Waals surface area contributed by atoms with Gasteiger partial charge in [-0.25, -0.2) is 0 Å². The minimum Gasteiger partial charge on any atom is -0.416 e. The Labute approximate surface area is 347 Å². The van der Waals surface area contributed by atoms with Gasteiger partial charge in [-0.2, -0.15) is 0 Å². The van der Waals surface area contributed by atoms with E-state index in [1.165, 1.54) is 6.42 Å². The number of rotatable bonds is 14. The fourth-order valence-electron chi connectivity index (χ4n) is 8.53. The van der Waals surface area contributed by atoms with E-state index in [9.17, 15) is 5.11 Å². The lowest BCUT2D eigenvalue weighted by Crippen LogP contribution is -2.51. The van der Waals surface area contributed by atoms with E-state index in [0.29, 0.717) is 32.5 Å². The van der Waals surface area contributed by atoms with Crippen molar-refractivity contribution in [3.63, 3.8) is 0 Å². The van der Waals surface area contributed by atoms with E-state index in [1.807, 2.05) is 87.6 Å². The van der Waals surface area contributed by atoms with Crippen molar-refractivity contribution in [1.82, 2.24) is 0 Å². The molecule has 2 aromatic rings. The standard InChI is InChI=1S/C45H70O8S2Si/c1-32(30-48-56(9,10)41(2,3)4)40-27-38(51-43(7,8)53-40)26-37-25-36(49-42(5,6)50-37)24-35(46)28-44(54-22-17-23-55-44)29-39-31-47-45(52-39,33-18-13-11-14-19-33)34-20-15-12-16-21-34/h11-16,18-21,32,35-40,46H,17,22-31H2,1-10H3/t32-,35-,36-,37+,38+,39+,40+/m0/s1. The smallest absolute Gasteiger partial charge is 0.222 e. The van der Waals surface area contributed by atoms with Gasteiger partial charge in [-0.05, 0) is 83.0 Å². The molecule has 314 valence electrons. The van der Waals surface area contributed by atoms with E-state index < -0.39 is 31.8 Å². The van der Waals surface area contributed by atoms with Gasteiger partial charge in [0.1, 0.15) is 0 Å². The molecule has 6 rings (SSSR count). The molecule has 56 heavy (non-hydrogen) atoms. The van der Waals surface area contributed by atoms with E-state index in [1.54, 1.807) is 0 Å². The van der Waals surface area contributed by atoms with Crippen LogP contribution in [-0.2, 0) is 38.6 Å². The van der Waals surface area contributed by atoms with E-state index in [0.717, 1.165) is 41.9 Å². The van der Waals surface area contributed by atoms with E-state index in [2.05, 4.69) is 65.1 Å². The summed E-state index contributed by atoms with van der Waals surface area (Å²) in [5, 5.41) is 12.0. The molecular weight excluding hydrogens is 761 g/mol. The molecule has 0 aliphatic carbocycles. The number of benzene rings is 2. The van der Waals surface area contributed by atoms with Crippen molar-refractivity contribution < 1.29 is 38.0 Å². The highest BCUT2D eigenvalue weighted by atomic mass is 32.2. The first kappa shape index (κ1) is 44.6. The fraction of sp³-hybridized carbons (Fsp3) is 0.733. The molecule has 0 bridgehead atoms. The van der Waals surface area contributed by atoms with Crippen LogP contribution in [0.5, 0.6) is 0 Å². The first-order valence-corrected chi connectivity index (χ1v) is 25.9. The molecule has 0 aromatic heterocycles. The average Bonchev–Trinajstić information content (AvgIpc) is 3.54. The summed E-state index contributed by atoms with van der Waals surface area (Å²) in [5.74, 6) is -0.0365. The Hall–Kier alpha value is -0.963. The topological polar surface area (TPSA) is 84.8 Å². The first-order valence-electron chi connectivity index (χ1n) is 21.0. The van der Waals surface area contributed by atoms with Crippen molar-refractivity contribution in [3.05, 3.63) is 71.8 Å². The minimum atomic E-state index is -1.87. The van der Waals surface area contributed by atoms with Crippen molar-refractivity contribution in [2.24, 2.45) is 5.92 Å². The highest BCUT2D eigenvalue weighted by Crippen LogP contribution is 2.52. The lowest BCUT2D eigenvalue weighted by atomic mass is 9.92. The van der Waals surface area contributed by atoms with Gasteiger partial charge in [-0.15, -0.1) is 23.5 Å². The molecule has 4 saturated heterocycles. The van der Waals surface area contributed by atoms with Crippen LogP contribution in [0.2, 0.25) is 18.1 Å². The van der Waals surface area contributed by atoms with Gasteiger partial charge in [0.05, 0.1) is 47.3 Å². The maximum atomic E-state index is 11.9. The van der Waals surface area contributed by atoms with Crippen LogP contribution in [0.3, 0.4) is 0 Å². The van der Waals surface area contributed by atoms with Gasteiger partial charge in [-0.1, -0.05) is 88.4 Å². The van der Waals surface area contributed by atoms with Crippen LogP contribution in [0.25, 0.3) is 0 Å². The molecule has 0 unspecified atom stereocenters. The summed E-state index contributed by atoms with van der Waals surface area (Å²) in [4.78, 5) is 0. The van der Waals surface area contributed by atoms with Crippen molar-refractivity contribution in [3.8, 4) is 0 Å². The number of aliphatic hydroxyl groups is 1. The number of thioether (sulfide) groups is 2. The summed E-state index contributed by atoms with van der Waals surface area (Å²) < 4.78 is 46.2. The van der Waals surface area contributed by atoms with Crippen LogP contribution < -0.4 is 0 Å². The van der Waals surface area contributed by atoms with E-state index >= 15 is 0 Å². The second-order valence-corrected chi connectivity index (χ2v) is 27.1. The molecule has 2 aromatic carbocycles. The quantitative estimate of drug-likeness (QED) is 0.186. The molecule has 4 aliphatic heterocycles. The Morgan fingerprint density at radius 1 is 0.786 bits per heavy atom. The van der Waals surface area contributed by atoms with Gasteiger partial charge in [0.2, 0.25) is 5.79 Å². The monoisotopic (exact) mass is 830 g/mol. The lowest BCUT2D eigenvalue weighted by molar-refractivity contribution is -0.330. The highest BCUT2D eigenvalue weighted by Gasteiger charge is 2.49. The van der Waals surface area contributed by atoms with Gasteiger partial charge >= 0.3 is 0 Å². The largest absolute Gasteiger partial charge is 0.416 e. The molecule has 0 spiro atoms. The maximum absolute atomic E-state index is 11.9. The van der Waals surface area contributed by atoms with Crippen molar-refractivity contribution in [1.29, 1.82) is 0 Å². The molecule has 4 fully saturated rings. The molecule has 1 N–H and O–H groups in total. The fourth-order valence-corrected chi connectivity index (χ4v) is 13.2. The molecular formula is C45H70O8S2Si. The van der Waals surface area contributed by atoms with Gasteiger partial charge in [0.15, 0.2) is 19.9 Å². The van der Waals surface area contributed by atoms with Crippen LogP contribution in [-0.4, -0.2) is 90.4 Å². The molecule has 11 heteroatoms. The number of hydrogen-bond donors (Lipinski definition) is 1. The SMILES string of the molecule is C[C@@H](CO[Si](C)(C)C(C)(C)C)[C@H]1C[C@@H](C[C@H]2C[C@H](C[C@H](O)CC3(C[C@@H]4COC(c5ccccc5)(c5ccccc5)O4)SCCCS3)OC(C)(C)O2)OC(C)(C)O1. The van der Waals surface area contributed by atoms with E-state index in [-0.39, 0.29) is 45.6 Å². The number of aliphatic hydroxyl groups excluding tert-OH is 1. The lowest BCUT2D eigenvalue weighted by Gasteiger charge is -2.46. The third-order valence-corrected chi connectivity index (χ3v) is 20.1. The normalized spacial score (nSPS) is 30.1. The summed E-state index contributed by atoms with van der Waals surface area (Å²) in [7, 11) is -1.87. The van der Waals surface area contributed by atoms with E-state index in [4.69, 9.17) is 32.8 Å². The second kappa shape index (κ2) is 17.9. The first-order chi connectivity index (χ1) is 26.3. The van der Waals surface area contributed by atoms with Crippen LogP contribution in [0, 0.1) is 5.92 Å². The molecule has 7 atom stereocenters. The summed E-state index contributed by atoms with van der Waals surface area (Å²) in [6.07, 6.45) is 4.58. The Morgan fingerprint density at radius 3 is 1.93 bits per heavy atom. The van der Waals surface area contributed by atoms with Crippen LogP contribution in [0.15, 0.2) is 60.7 Å². The summed E-state index contributed by atoms with van der Waals surface area (Å²) in [5.41, 5.74) is 1.99. The van der Waals surface area contributed by atoms with Crippen molar-refractivity contribution in [2.45, 2.75) is 177 Å². The summed E-state index contributed by atoms with van der Waals surface area (Å²) >= 11 is 3.96. The molecule has 0 saturated carbocycles. The number of hydrogen-bond acceptors (Lipinski definition) is 10. The third kappa shape index (κ3) is 11.2.